The quantitative estimate of drug-likeness (QED) is 0.716. The zero-order chi connectivity index (χ0) is 18.1. The summed E-state index contributed by atoms with van der Waals surface area (Å²) in [7, 11) is 0. The molecule has 1 aromatic carbocycles. The van der Waals surface area contributed by atoms with E-state index in [9.17, 15) is 9.18 Å². The Balaban J connectivity index is 2.11. The van der Waals surface area contributed by atoms with Gasteiger partial charge in [0.15, 0.2) is 11.8 Å². The lowest BCUT2D eigenvalue weighted by Gasteiger charge is -2.12. The van der Waals surface area contributed by atoms with Gasteiger partial charge >= 0.3 is 5.97 Å². The van der Waals surface area contributed by atoms with Gasteiger partial charge in [0.25, 0.3) is 0 Å². The van der Waals surface area contributed by atoms with Crippen LogP contribution in [0.5, 0.6) is 5.88 Å². The predicted molar refractivity (Wildman–Crippen MR) is 92.7 cm³/mol. The Hall–Kier alpha value is -2.44. The molecule has 0 saturated heterocycles. The average Bonchev–Trinajstić information content (AvgIpc) is 2.53. The highest BCUT2D eigenvalue weighted by Gasteiger charge is 2.17. The van der Waals surface area contributed by atoms with Gasteiger partial charge in [0, 0.05) is 23.2 Å². The van der Waals surface area contributed by atoms with Crippen molar-refractivity contribution in [3.05, 3.63) is 52.4 Å². The zero-order valence-corrected chi connectivity index (χ0v) is 14.3. The van der Waals surface area contributed by atoms with E-state index in [2.05, 4.69) is 9.97 Å². The number of halogens is 3. The minimum absolute atomic E-state index is 0.128. The number of carbonyl (C=O) groups is 1. The molecular weight excluding hydrogens is 370 g/mol. The first-order valence-electron chi connectivity index (χ1n) is 7.17. The average molecular weight is 381 g/mol. The van der Waals surface area contributed by atoms with Gasteiger partial charge in [-0.25, -0.2) is 14.2 Å². The first-order valence-corrected chi connectivity index (χ1v) is 7.92. The summed E-state index contributed by atoms with van der Waals surface area (Å²) in [5.41, 5.74) is 1.42. The molecule has 2 heterocycles. The molecule has 3 aromatic rings. The summed E-state index contributed by atoms with van der Waals surface area (Å²) in [6, 6.07) is 7.24. The zero-order valence-electron chi connectivity index (χ0n) is 12.8. The number of hydrogen-bond donors (Lipinski definition) is 1. The van der Waals surface area contributed by atoms with Crippen molar-refractivity contribution >= 4 is 40.2 Å². The molecule has 0 radical (unpaired) electrons. The third kappa shape index (κ3) is 3.50. The molecule has 3 rings (SSSR count). The summed E-state index contributed by atoms with van der Waals surface area (Å²) in [5, 5.41) is 9.85. The highest BCUT2D eigenvalue weighted by molar-refractivity contribution is 6.39. The molecule has 0 bridgehead atoms. The molecule has 5 nitrogen and oxygen atoms in total. The lowest BCUT2D eigenvalue weighted by atomic mass is 10.0. The molecule has 0 aliphatic heterocycles. The minimum atomic E-state index is -1.10. The molecule has 1 N–H and O–H groups in total. The van der Waals surface area contributed by atoms with Crippen LogP contribution in [0.15, 0.2) is 36.5 Å². The van der Waals surface area contributed by atoms with Crippen molar-refractivity contribution in [2.45, 2.75) is 13.0 Å². The largest absolute Gasteiger partial charge is 0.479 e. The summed E-state index contributed by atoms with van der Waals surface area (Å²) in [5.74, 6) is -1.51. The SMILES string of the molecule is CC(Oc1ccc2c(-c3c(Cl)cc(F)cc3Cl)ccnc2n1)C(=O)O. The number of aliphatic carboxylic acids is 1. The highest BCUT2D eigenvalue weighted by Crippen LogP contribution is 2.38. The van der Waals surface area contributed by atoms with Crippen molar-refractivity contribution in [3.8, 4) is 17.0 Å². The predicted octanol–water partition coefficient (Wildman–Crippen LogP) is 4.59. The van der Waals surface area contributed by atoms with Gasteiger partial charge in [0.05, 0.1) is 10.0 Å². The Bertz CT molecular complexity index is 958. The number of carboxylic acids is 1. The molecule has 2 aromatic heterocycles. The van der Waals surface area contributed by atoms with Crippen molar-refractivity contribution < 1.29 is 19.0 Å². The smallest absolute Gasteiger partial charge is 0.344 e. The molecule has 0 aliphatic carbocycles. The van der Waals surface area contributed by atoms with E-state index in [1.807, 2.05) is 0 Å². The molecule has 1 atom stereocenters. The molecule has 128 valence electrons. The van der Waals surface area contributed by atoms with Gasteiger partial charge in [-0.05, 0) is 36.8 Å². The summed E-state index contributed by atoms with van der Waals surface area (Å²) in [6.07, 6.45) is 0.458. The van der Waals surface area contributed by atoms with Crippen LogP contribution in [0.4, 0.5) is 4.39 Å². The third-order valence-corrected chi connectivity index (χ3v) is 4.10. The van der Waals surface area contributed by atoms with Crippen LogP contribution in [-0.4, -0.2) is 27.1 Å². The fraction of sp³-hybridized carbons (Fsp3) is 0.118. The van der Waals surface area contributed by atoms with Crippen molar-refractivity contribution in [1.29, 1.82) is 0 Å². The lowest BCUT2D eigenvalue weighted by molar-refractivity contribution is -0.144. The first-order chi connectivity index (χ1) is 11.9. The fourth-order valence-electron chi connectivity index (χ4n) is 2.33. The summed E-state index contributed by atoms with van der Waals surface area (Å²) in [4.78, 5) is 19.2. The topological polar surface area (TPSA) is 72.3 Å². The normalized spacial score (nSPS) is 12.2. The van der Waals surface area contributed by atoms with E-state index in [4.69, 9.17) is 33.0 Å². The van der Waals surface area contributed by atoms with Crippen LogP contribution in [0, 0.1) is 5.82 Å². The monoisotopic (exact) mass is 380 g/mol. The van der Waals surface area contributed by atoms with E-state index in [1.165, 1.54) is 31.3 Å². The Morgan fingerprint density at radius 1 is 1.24 bits per heavy atom. The van der Waals surface area contributed by atoms with Gasteiger partial charge in [0.2, 0.25) is 5.88 Å². The van der Waals surface area contributed by atoms with E-state index >= 15 is 0 Å². The maximum absolute atomic E-state index is 13.4. The van der Waals surface area contributed by atoms with E-state index in [-0.39, 0.29) is 15.9 Å². The molecular formula is C17H11Cl2FN2O3. The molecule has 0 spiro atoms. The standard InChI is InChI=1S/C17H11Cl2FN2O3/c1-8(17(23)24)25-14-3-2-11-10(4-5-21-16(11)22-14)15-12(18)6-9(20)7-13(15)19/h2-8H,1H3,(H,23,24). The number of benzene rings is 1. The van der Waals surface area contributed by atoms with E-state index < -0.39 is 17.9 Å². The van der Waals surface area contributed by atoms with E-state index in [0.717, 1.165) is 0 Å². The Morgan fingerprint density at radius 3 is 2.56 bits per heavy atom. The Morgan fingerprint density at radius 2 is 1.92 bits per heavy atom. The molecule has 0 fully saturated rings. The van der Waals surface area contributed by atoms with E-state index in [0.29, 0.717) is 22.2 Å². The minimum Gasteiger partial charge on any atom is -0.479 e. The van der Waals surface area contributed by atoms with Crippen LogP contribution in [0.25, 0.3) is 22.2 Å². The number of ether oxygens (including phenoxy) is 1. The molecule has 8 heteroatoms. The van der Waals surface area contributed by atoms with Crippen molar-refractivity contribution in [2.75, 3.05) is 0 Å². The van der Waals surface area contributed by atoms with Gasteiger partial charge in [0.1, 0.15) is 5.82 Å². The first kappa shape index (κ1) is 17.4. The van der Waals surface area contributed by atoms with Crippen LogP contribution in [0.3, 0.4) is 0 Å². The maximum Gasteiger partial charge on any atom is 0.344 e. The summed E-state index contributed by atoms with van der Waals surface area (Å²) in [6.45, 7) is 1.40. The van der Waals surface area contributed by atoms with Crippen LogP contribution in [-0.2, 0) is 4.79 Å². The number of pyridine rings is 2. The summed E-state index contributed by atoms with van der Waals surface area (Å²) >= 11 is 12.3. The lowest BCUT2D eigenvalue weighted by Crippen LogP contribution is -2.23. The van der Waals surface area contributed by atoms with Crippen molar-refractivity contribution in [1.82, 2.24) is 9.97 Å². The number of rotatable bonds is 4. The van der Waals surface area contributed by atoms with Gasteiger partial charge < -0.3 is 9.84 Å². The summed E-state index contributed by atoms with van der Waals surface area (Å²) < 4.78 is 18.7. The van der Waals surface area contributed by atoms with Crippen molar-refractivity contribution in [2.24, 2.45) is 0 Å². The van der Waals surface area contributed by atoms with Crippen molar-refractivity contribution in [3.63, 3.8) is 0 Å². The van der Waals surface area contributed by atoms with Crippen LogP contribution < -0.4 is 4.74 Å². The Kier molecular flexibility index (Phi) is 4.74. The van der Waals surface area contributed by atoms with Gasteiger partial charge in [-0.15, -0.1) is 0 Å². The van der Waals surface area contributed by atoms with Gasteiger partial charge in [-0.1, -0.05) is 23.2 Å². The van der Waals surface area contributed by atoms with Gasteiger partial charge in [-0.2, -0.15) is 4.98 Å². The second-order valence-corrected chi connectivity index (χ2v) is 6.04. The molecule has 0 amide bonds. The van der Waals surface area contributed by atoms with Crippen LogP contribution in [0.2, 0.25) is 10.0 Å². The fourth-order valence-corrected chi connectivity index (χ4v) is 2.99. The van der Waals surface area contributed by atoms with Crippen LogP contribution >= 0.6 is 23.2 Å². The number of hydrogen-bond acceptors (Lipinski definition) is 4. The third-order valence-electron chi connectivity index (χ3n) is 3.50. The molecule has 25 heavy (non-hydrogen) atoms. The second kappa shape index (κ2) is 6.82. The highest BCUT2D eigenvalue weighted by atomic mass is 35.5. The number of fused-ring (bicyclic) bond motifs is 1. The van der Waals surface area contributed by atoms with Crippen LogP contribution in [0.1, 0.15) is 6.92 Å². The molecule has 0 aliphatic rings. The molecule has 1 unspecified atom stereocenters. The Labute approximate surface area is 152 Å². The second-order valence-electron chi connectivity index (χ2n) is 5.22. The number of nitrogens with zero attached hydrogens (tertiary/aromatic N) is 2. The maximum atomic E-state index is 13.4. The van der Waals surface area contributed by atoms with Gasteiger partial charge in [-0.3, -0.25) is 0 Å². The molecule has 0 saturated carbocycles. The number of carboxylic acid groups (broad SMARTS) is 1. The van der Waals surface area contributed by atoms with E-state index in [1.54, 1.807) is 12.1 Å². The number of aromatic nitrogens is 2.